The lowest BCUT2D eigenvalue weighted by molar-refractivity contribution is -0.148. The van der Waals surface area contributed by atoms with Gasteiger partial charge in [0.15, 0.2) is 0 Å². The molecule has 1 aliphatic rings. The van der Waals surface area contributed by atoms with E-state index in [1.165, 1.54) is 12.0 Å². The molecule has 2 rings (SSSR count). The molecule has 1 aliphatic carbocycles. The van der Waals surface area contributed by atoms with Gasteiger partial charge in [0.05, 0.1) is 19.1 Å². The Hall–Kier alpha value is -2.57. The van der Waals surface area contributed by atoms with Gasteiger partial charge in [-0.2, -0.15) is 0 Å². The third-order valence-electron chi connectivity index (χ3n) is 4.88. The third-order valence-corrected chi connectivity index (χ3v) is 4.88. The van der Waals surface area contributed by atoms with Crippen LogP contribution in [0.5, 0.6) is 0 Å². The first-order valence-corrected chi connectivity index (χ1v) is 9.84. The molecule has 0 spiro atoms. The number of ether oxygens (including phenoxy) is 2. The molecule has 1 fully saturated rings. The number of aliphatic carboxylic acids is 1. The van der Waals surface area contributed by atoms with Crippen LogP contribution in [0.3, 0.4) is 0 Å². The van der Waals surface area contributed by atoms with E-state index in [0.29, 0.717) is 6.42 Å². The van der Waals surface area contributed by atoms with Crippen molar-refractivity contribution >= 4 is 18.0 Å². The lowest BCUT2D eigenvalue weighted by Crippen LogP contribution is -2.50. The van der Waals surface area contributed by atoms with Crippen LogP contribution >= 0.6 is 0 Å². The number of hydrogen-bond donors (Lipinski definition) is 1. The van der Waals surface area contributed by atoms with Crippen LogP contribution in [0.4, 0.5) is 4.79 Å². The van der Waals surface area contributed by atoms with Crippen molar-refractivity contribution < 1.29 is 29.0 Å². The SMILES string of the molecule is COC(=O)[C@H](CC(C)C)N(C(=O)OC(C)(C)C)[C@H]1[C@@H](C(=O)O)[C@@H]1c1ccccc1. The summed E-state index contributed by atoms with van der Waals surface area (Å²) < 4.78 is 10.5. The second-order valence-corrected chi connectivity index (χ2v) is 8.85. The largest absolute Gasteiger partial charge is 0.481 e. The molecule has 0 aromatic heterocycles. The van der Waals surface area contributed by atoms with Gasteiger partial charge in [0, 0.05) is 5.92 Å². The van der Waals surface area contributed by atoms with Crippen LogP contribution < -0.4 is 0 Å². The monoisotopic (exact) mass is 405 g/mol. The number of nitrogens with zero attached hydrogens (tertiary/aromatic N) is 1. The van der Waals surface area contributed by atoms with Gasteiger partial charge in [0.25, 0.3) is 0 Å². The molecule has 0 saturated heterocycles. The van der Waals surface area contributed by atoms with Crippen molar-refractivity contribution in [3.63, 3.8) is 0 Å². The van der Waals surface area contributed by atoms with E-state index in [9.17, 15) is 19.5 Å². The molecule has 1 amide bonds. The zero-order valence-electron chi connectivity index (χ0n) is 17.9. The Kier molecular flexibility index (Phi) is 6.93. The van der Waals surface area contributed by atoms with Gasteiger partial charge in [0.2, 0.25) is 0 Å². The van der Waals surface area contributed by atoms with Crippen molar-refractivity contribution in [2.24, 2.45) is 11.8 Å². The number of carbonyl (C=O) groups is 3. The molecule has 0 unspecified atom stereocenters. The molecule has 1 saturated carbocycles. The summed E-state index contributed by atoms with van der Waals surface area (Å²) in [6.07, 6.45) is -0.362. The molecule has 0 heterocycles. The van der Waals surface area contributed by atoms with Crippen molar-refractivity contribution in [3.05, 3.63) is 35.9 Å². The van der Waals surface area contributed by atoms with E-state index >= 15 is 0 Å². The number of amides is 1. The van der Waals surface area contributed by atoms with Crippen LogP contribution in [0, 0.1) is 11.8 Å². The summed E-state index contributed by atoms with van der Waals surface area (Å²) in [4.78, 5) is 39.0. The molecule has 0 bridgehead atoms. The lowest BCUT2D eigenvalue weighted by Gasteiger charge is -2.33. The second-order valence-electron chi connectivity index (χ2n) is 8.85. The highest BCUT2D eigenvalue weighted by Gasteiger charge is 2.62. The van der Waals surface area contributed by atoms with E-state index in [-0.39, 0.29) is 5.92 Å². The number of carboxylic acids is 1. The maximum Gasteiger partial charge on any atom is 0.411 e. The van der Waals surface area contributed by atoms with E-state index in [0.717, 1.165) is 5.56 Å². The Bertz CT molecular complexity index is 739. The Balaban J connectivity index is 2.48. The zero-order chi connectivity index (χ0) is 21.9. The number of benzene rings is 1. The smallest absolute Gasteiger partial charge is 0.411 e. The van der Waals surface area contributed by atoms with Crippen molar-refractivity contribution in [1.82, 2.24) is 4.90 Å². The first-order chi connectivity index (χ1) is 13.5. The van der Waals surface area contributed by atoms with Crippen LogP contribution in [-0.4, -0.2) is 52.8 Å². The Morgan fingerprint density at radius 2 is 1.72 bits per heavy atom. The normalized spacial score (nSPS) is 22.0. The van der Waals surface area contributed by atoms with Crippen LogP contribution in [-0.2, 0) is 19.1 Å². The van der Waals surface area contributed by atoms with E-state index in [2.05, 4.69) is 0 Å². The van der Waals surface area contributed by atoms with Crippen LogP contribution in [0.25, 0.3) is 0 Å². The van der Waals surface area contributed by atoms with Gasteiger partial charge in [-0.15, -0.1) is 0 Å². The van der Waals surface area contributed by atoms with Crippen LogP contribution in [0.15, 0.2) is 30.3 Å². The van der Waals surface area contributed by atoms with Gasteiger partial charge in [-0.1, -0.05) is 44.2 Å². The van der Waals surface area contributed by atoms with E-state index in [1.54, 1.807) is 20.8 Å². The maximum absolute atomic E-state index is 13.1. The number of carboxylic acid groups (broad SMARTS) is 1. The highest BCUT2D eigenvalue weighted by Crippen LogP contribution is 2.52. The molecule has 1 aromatic rings. The molecule has 7 heteroatoms. The fraction of sp³-hybridized carbons (Fsp3) is 0.591. The van der Waals surface area contributed by atoms with Gasteiger partial charge in [-0.25, -0.2) is 9.59 Å². The number of carbonyl (C=O) groups excluding carboxylic acids is 2. The zero-order valence-corrected chi connectivity index (χ0v) is 17.9. The predicted octanol–water partition coefficient (Wildman–Crippen LogP) is 3.68. The minimum absolute atomic E-state index is 0.0845. The number of hydrogen-bond acceptors (Lipinski definition) is 5. The van der Waals surface area contributed by atoms with Gasteiger partial charge in [-0.3, -0.25) is 9.69 Å². The maximum atomic E-state index is 13.1. The van der Waals surface area contributed by atoms with Crippen LogP contribution in [0.2, 0.25) is 0 Å². The molecule has 29 heavy (non-hydrogen) atoms. The molecule has 0 radical (unpaired) electrons. The van der Waals surface area contributed by atoms with Gasteiger partial charge in [-0.05, 0) is 38.7 Å². The highest BCUT2D eigenvalue weighted by atomic mass is 16.6. The molecular formula is C22H31NO6. The summed E-state index contributed by atoms with van der Waals surface area (Å²) in [6, 6.07) is 7.56. The van der Waals surface area contributed by atoms with Crippen molar-refractivity contribution in [3.8, 4) is 0 Å². The van der Waals surface area contributed by atoms with Gasteiger partial charge in [0.1, 0.15) is 11.6 Å². The Morgan fingerprint density at radius 1 is 1.14 bits per heavy atom. The molecule has 160 valence electrons. The van der Waals surface area contributed by atoms with Crippen molar-refractivity contribution in [1.29, 1.82) is 0 Å². The molecule has 0 aliphatic heterocycles. The summed E-state index contributed by atoms with van der Waals surface area (Å²) in [6.45, 7) is 9.05. The van der Waals surface area contributed by atoms with E-state index in [1.807, 2.05) is 44.2 Å². The summed E-state index contributed by atoms with van der Waals surface area (Å²) in [5.74, 6) is -2.73. The first kappa shape index (κ1) is 22.7. The number of rotatable bonds is 7. The topological polar surface area (TPSA) is 93.1 Å². The Morgan fingerprint density at radius 3 is 2.17 bits per heavy atom. The quantitative estimate of drug-likeness (QED) is 0.696. The predicted molar refractivity (Wildman–Crippen MR) is 107 cm³/mol. The van der Waals surface area contributed by atoms with E-state index < -0.39 is 47.6 Å². The fourth-order valence-corrected chi connectivity index (χ4v) is 3.70. The van der Waals surface area contributed by atoms with Crippen molar-refractivity contribution in [2.75, 3.05) is 7.11 Å². The molecule has 4 atom stereocenters. The summed E-state index contributed by atoms with van der Waals surface area (Å²) in [7, 11) is 1.26. The standard InChI is InChI=1S/C22H31NO6/c1-13(2)12-15(20(26)28-6)23(21(27)29-22(3,4)5)18-16(17(18)19(24)25)14-10-8-7-9-11-14/h7-11,13,15-18H,12H2,1-6H3,(H,24,25)/t15-,16-,17-,18+/m0/s1. The minimum Gasteiger partial charge on any atom is -0.481 e. The number of methoxy groups -OCH3 is 1. The molecular weight excluding hydrogens is 374 g/mol. The molecule has 1 aromatic carbocycles. The third kappa shape index (κ3) is 5.49. The summed E-state index contributed by atoms with van der Waals surface area (Å²) in [5, 5.41) is 9.78. The first-order valence-electron chi connectivity index (χ1n) is 9.84. The number of esters is 1. The lowest BCUT2D eigenvalue weighted by atomic mass is 10.0. The van der Waals surface area contributed by atoms with E-state index in [4.69, 9.17) is 9.47 Å². The highest BCUT2D eigenvalue weighted by molar-refractivity contribution is 5.85. The second kappa shape index (κ2) is 8.84. The van der Waals surface area contributed by atoms with Gasteiger partial charge >= 0.3 is 18.0 Å². The summed E-state index contributed by atoms with van der Waals surface area (Å²) >= 11 is 0. The van der Waals surface area contributed by atoms with Crippen LogP contribution in [0.1, 0.15) is 52.5 Å². The fourth-order valence-electron chi connectivity index (χ4n) is 3.70. The van der Waals surface area contributed by atoms with Gasteiger partial charge < -0.3 is 14.6 Å². The average molecular weight is 405 g/mol. The van der Waals surface area contributed by atoms with Crippen molar-refractivity contribution in [2.45, 2.75) is 64.6 Å². The average Bonchev–Trinajstić information content (AvgIpc) is 3.34. The molecule has 7 nitrogen and oxygen atoms in total. The minimum atomic E-state index is -1.01. The molecule has 1 N–H and O–H groups in total. The Labute approximate surface area is 172 Å². The summed E-state index contributed by atoms with van der Waals surface area (Å²) in [5.41, 5.74) is 0.0237.